The summed E-state index contributed by atoms with van der Waals surface area (Å²) in [7, 11) is 0. The zero-order chi connectivity index (χ0) is 13.0. The van der Waals surface area contributed by atoms with E-state index in [-0.39, 0.29) is 12.5 Å². The van der Waals surface area contributed by atoms with E-state index in [1.807, 2.05) is 0 Å². The van der Waals surface area contributed by atoms with Crippen LogP contribution in [0, 0.1) is 0 Å². The first kappa shape index (κ1) is 13.3. The van der Waals surface area contributed by atoms with Gasteiger partial charge in [-0.15, -0.1) is 0 Å². The monoisotopic (exact) mass is 268 g/mol. The average molecular weight is 269 g/mol. The highest BCUT2D eigenvalue weighted by atomic mass is 35.5. The number of aromatic nitrogens is 1. The molecular weight excluding hydrogens is 252 g/mol. The highest BCUT2D eigenvalue weighted by Gasteiger charge is 2.33. The van der Waals surface area contributed by atoms with E-state index in [0.717, 1.165) is 32.1 Å². The molecule has 1 aromatic rings. The van der Waals surface area contributed by atoms with Crippen LogP contribution in [0.5, 0.6) is 0 Å². The van der Waals surface area contributed by atoms with E-state index >= 15 is 0 Å². The summed E-state index contributed by atoms with van der Waals surface area (Å²) in [6, 6.07) is 1.59. The summed E-state index contributed by atoms with van der Waals surface area (Å²) in [5, 5.41) is 12.9. The van der Waals surface area contributed by atoms with Crippen LogP contribution in [0.15, 0.2) is 18.5 Å². The van der Waals surface area contributed by atoms with Crippen LogP contribution >= 0.6 is 11.6 Å². The molecule has 1 aliphatic carbocycles. The molecule has 0 bridgehead atoms. The zero-order valence-electron chi connectivity index (χ0n) is 10.2. The average Bonchev–Trinajstić information content (AvgIpc) is 2.40. The molecular formula is C13H17ClN2O2. The largest absolute Gasteiger partial charge is 0.394 e. The van der Waals surface area contributed by atoms with Crippen LogP contribution in [-0.4, -0.2) is 28.1 Å². The number of pyridine rings is 1. The van der Waals surface area contributed by atoms with E-state index in [2.05, 4.69) is 10.3 Å². The number of hydrogen-bond acceptors (Lipinski definition) is 3. The molecule has 0 spiro atoms. The second-order valence-electron chi connectivity index (χ2n) is 4.81. The van der Waals surface area contributed by atoms with Gasteiger partial charge in [-0.1, -0.05) is 30.9 Å². The maximum absolute atomic E-state index is 12.2. The van der Waals surface area contributed by atoms with Gasteiger partial charge in [-0.3, -0.25) is 9.78 Å². The maximum Gasteiger partial charge on any atom is 0.254 e. The van der Waals surface area contributed by atoms with Crippen molar-refractivity contribution in [3.05, 3.63) is 29.0 Å². The molecule has 1 fully saturated rings. The van der Waals surface area contributed by atoms with Crippen molar-refractivity contribution in [2.75, 3.05) is 6.61 Å². The van der Waals surface area contributed by atoms with Crippen molar-refractivity contribution in [2.45, 2.75) is 37.6 Å². The van der Waals surface area contributed by atoms with Gasteiger partial charge in [-0.05, 0) is 18.9 Å². The van der Waals surface area contributed by atoms with Gasteiger partial charge in [0.15, 0.2) is 0 Å². The fourth-order valence-electron chi connectivity index (χ4n) is 2.40. The summed E-state index contributed by atoms with van der Waals surface area (Å²) in [5.41, 5.74) is -0.133. The number of carbonyl (C=O) groups is 1. The Bertz CT molecular complexity index is 431. The van der Waals surface area contributed by atoms with Crippen molar-refractivity contribution in [3.8, 4) is 0 Å². The molecule has 1 aromatic heterocycles. The minimum atomic E-state index is -0.492. The number of amides is 1. The molecule has 0 radical (unpaired) electrons. The van der Waals surface area contributed by atoms with Crippen LogP contribution in [0.25, 0.3) is 0 Å². The second-order valence-corrected chi connectivity index (χ2v) is 5.22. The highest BCUT2D eigenvalue weighted by Crippen LogP contribution is 2.28. The number of hydrogen-bond donors (Lipinski definition) is 2. The van der Waals surface area contributed by atoms with Crippen LogP contribution in [0.1, 0.15) is 42.5 Å². The van der Waals surface area contributed by atoms with E-state index < -0.39 is 5.54 Å². The number of rotatable bonds is 3. The van der Waals surface area contributed by atoms with E-state index in [1.165, 1.54) is 6.20 Å². The minimum Gasteiger partial charge on any atom is -0.394 e. The van der Waals surface area contributed by atoms with Crippen molar-refractivity contribution < 1.29 is 9.90 Å². The van der Waals surface area contributed by atoms with Crippen LogP contribution in [0.4, 0.5) is 0 Å². The van der Waals surface area contributed by atoms with Crippen molar-refractivity contribution >= 4 is 17.5 Å². The van der Waals surface area contributed by atoms with E-state index in [0.29, 0.717) is 10.6 Å². The van der Waals surface area contributed by atoms with Gasteiger partial charge < -0.3 is 10.4 Å². The molecule has 0 aromatic carbocycles. The third-order valence-corrected chi connectivity index (χ3v) is 3.83. The van der Waals surface area contributed by atoms with Gasteiger partial charge in [0.25, 0.3) is 5.91 Å². The lowest BCUT2D eigenvalue weighted by Gasteiger charge is -2.36. The third kappa shape index (κ3) is 2.82. The number of aliphatic hydroxyl groups is 1. The lowest BCUT2D eigenvalue weighted by molar-refractivity contribution is 0.0758. The lowest BCUT2D eigenvalue weighted by Crippen LogP contribution is -2.52. The number of aliphatic hydroxyl groups excluding tert-OH is 1. The van der Waals surface area contributed by atoms with E-state index in [1.54, 1.807) is 12.3 Å². The first-order valence-corrected chi connectivity index (χ1v) is 6.58. The highest BCUT2D eigenvalue weighted by molar-refractivity contribution is 6.33. The van der Waals surface area contributed by atoms with Crippen LogP contribution < -0.4 is 5.32 Å². The Labute approximate surface area is 111 Å². The van der Waals surface area contributed by atoms with Gasteiger partial charge in [0.1, 0.15) is 0 Å². The van der Waals surface area contributed by atoms with Crippen molar-refractivity contribution in [1.29, 1.82) is 0 Å². The van der Waals surface area contributed by atoms with Gasteiger partial charge in [0.2, 0.25) is 0 Å². The molecule has 1 amide bonds. The summed E-state index contributed by atoms with van der Waals surface area (Å²) in [6.07, 6.45) is 7.84. The van der Waals surface area contributed by atoms with Crippen LogP contribution in [0.2, 0.25) is 5.02 Å². The number of nitrogens with one attached hydrogen (secondary N) is 1. The molecule has 0 aliphatic heterocycles. The summed E-state index contributed by atoms with van der Waals surface area (Å²) >= 11 is 5.96. The normalized spacial score (nSPS) is 18.3. The van der Waals surface area contributed by atoms with Crippen molar-refractivity contribution in [3.63, 3.8) is 0 Å². The Balaban J connectivity index is 2.13. The van der Waals surface area contributed by atoms with Gasteiger partial charge in [0, 0.05) is 12.4 Å². The zero-order valence-corrected chi connectivity index (χ0v) is 10.9. The smallest absolute Gasteiger partial charge is 0.254 e. The Kier molecular flexibility index (Phi) is 4.19. The first-order valence-electron chi connectivity index (χ1n) is 6.20. The first-order chi connectivity index (χ1) is 8.67. The van der Waals surface area contributed by atoms with Crippen molar-refractivity contribution in [1.82, 2.24) is 10.3 Å². The van der Waals surface area contributed by atoms with Crippen LogP contribution in [0.3, 0.4) is 0 Å². The molecule has 0 unspecified atom stereocenters. The Morgan fingerprint density at radius 3 is 2.78 bits per heavy atom. The number of carbonyl (C=O) groups excluding carboxylic acids is 1. The second kappa shape index (κ2) is 5.67. The number of nitrogens with zero attached hydrogens (tertiary/aromatic N) is 1. The Morgan fingerprint density at radius 1 is 1.44 bits per heavy atom. The molecule has 1 aliphatic rings. The van der Waals surface area contributed by atoms with Crippen molar-refractivity contribution in [2.24, 2.45) is 0 Å². The van der Waals surface area contributed by atoms with Gasteiger partial charge >= 0.3 is 0 Å². The lowest BCUT2D eigenvalue weighted by atomic mass is 9.82. The predicted octanol–water partition coefficient (Wildman–Crippen LogP) is 2.16. The molecule has 5 heteroatoms. The van der Waals surface area contributed by atoms with Gasteiger partial charge in [-0.25, -0.2) is 0 Å². The fourth-order valence-corrected chi connectivity index (χ4v) is 2.59. The fraction of sp³-hybridized carbons (Fsp3) is 0.538. The molecule has 2 rings (SSSR count). The molecule has 4 nitrogen and oxygen atoms in total. The third-order valence-electron chi connectivity index (χ3n) is 3.50. The standard InChI is InChI=1S/C13H17ClN2O2/c14-11-4-7-15-8-10(11)12(18)16-13(9-17)5-2-1-3-6-13/h4,7-8,17H,1-3,5-6,9H2,(H,16,18). The van der Waals surface area contributed by atoms with Crippen LogP contribution in [-0.2, 0) is 0 Å². The molecule has 0 saturated heterocycles. The molecule has 1 saturated carbocycles. The molecule has 0 atom stereocenters. The summed E-state index contributed by atoms with van der Waals surface area (Å²) in [6.45, 7) is -0.0311. The maximum atomic E-state index is 12.2. The summed E-state index contributed by atoms with van der Waals surface area (Å²) in [4.78, 5) is 16.1. The Morgan fingerprint density at radius 2 is 2.17 bits per heavy atom. The molecule has 18 heavy (non-hydrogen) atoms. The summed E-state index contributed by atoms with van der Waals surface area (Å²) in [5.74, 6) is -0.260. The summed E-state index contributed by atoms with van der Waals surface area (Å²) < 4.78 is 0. The minimum absolute atomic E-state index is 0.0311. The predicted molar refractivity (Wildman–Crippen MR) is 69.6 cm³/mol. The molecule has 2 N–H and O–H groups in total. The van der Waals surface area contributed by atoms with Gasteiger partial charge in [0.05, 0.1) is 22.7 Å². The van der Waals surface area contributed by atoms with E-state index in [4.69, 9.17) is 11.6 Å². The Hall–Kier alpha value is -1.13. The topological polar surface area (TPSA) is 62.2 Å². The molecule has 98 valence electrons. The number of halogens is 1. The molecule has 1 heterocycles. The van der Waals surface area contributed by atoms with E-state index in [9.17, 15) is 9.90 Å². The van der Waals surface area contributed by atoms with Gasteiger partial charge in [-0.2, -0.15) is 0 Å². The quantitative estimate of drug-likeness (QED) is 0.883. The SMILES string of the molecule is O=C(NC1(CO)CCCCC1)c1cnccc1Cl.